The monoisotopic (exact) mass is 300 g/mol. The van der Waals surface area contributed by atoms with E-state index in [4.69, 9.17) is 15.6 Å². The number of nitrogens with one attached hydrogen (secondary N) is 1. The molecule has 1 amide bonds. The number of esters is 1. The van der Waals surface area contributed by atoms with Crippen LogP contribution in [-0.4, -0.2) is 41.6 Å². The summed E-state index contributed by atoms with van der Waals surface area (Å²) in [6, 6.07) is -0.803. The minimum atomic E-state index is -0.965. The molecule has 1 rings (SSSR count). The number of aliphatic carboxylic acids is 1. The Morgan fingerprint density at radius 2 is 1.90 bits per heavy atom. The summed E-state index contributed by atoms with van der Waals surface area (Å²) in [5.74, 6) is -1.54. The van der Waals surface area contributed by atoms with Gasteiger partial charge in [0.05, 0.1) is 18.6 Å². The molecular formula is C14H24N2O5. The van der Waals surface area contributed by atoms with Gasteiger partial charge in [0.1, 0.15) is 0 Å². The molecule has 0 spiro atoms. The van der Waals surface area contributed by atoms with E-state index in [-0.39, 0.29) is 36.7 Å². The van der Waals surface area contributed by atoms with Crippen LogP contribution in [0.3, 0.4) is 0 Å². The minimum absolute atomic E-state index is 0.000875. The van der Waals surface area contributed by atoms with E-state index in [0.717, 1.165) is 0 Å². The van der Waals surface area contributed by atoms with E-state index in [9.17, 15) is 14.4 Å². The summed E-state index contributed by atoms with van der Waals surface area (Å²) < 4.78 is 4.99. The summed E-state index contributed by atoms with van der Waals surface area (Å²) in [5.41, 5.74) is 5.65. The summed E-state index contributed by atoms with van der Waals surface area (Å²) in [6.07, 6.45) is 2.80. The summed E-state index contributed by atoms with van der Waals surface area (Å²) >= 11 is 0. The average molecular weight is 300 g/mol. The molecule has 120 valence electrons. The Morgan fingerprint density at radius 1 is 1.29 bits per heavy atom. The molecule has 0 aliphatic heterocycles. The first-order valence-electron chi connectivity index (χ1n) is 7.38. The Morgan fingerprint density at radius 3 is 2.43 bits per heavy atom. The third-order valence-electron chi connectivity index (χ3n) is 3.70. The van der Waals surface area contributed by atoms with Crippen molar-refractivity contribution in [2.75, 3.05) is 6.61 Å². The number of carboxylic acids is 1. The van der Waals surface area contributed by atoms with Gasteiger partial charge in [0.25, 0.3) is 0 Å². The fraction of sp³-hybridized carbons (Fsp3) is 0.786. The molecule has 0 aromatic rings. The van der Waals surface area contributed by atoms with Gasteiger partial charge in [-0.15, -0.1) is 0 Å². The highest BCUT2D eigenvalue weighted by atomic mass is 16.5. The largest absolute Gasteiger partial charge is 0.481 e. The van der Waals surface area contributed by atoms with Gasteiger partial charge < -0.3 is 20.9 Å². The van der Waals surface area contributed by atoms with Crippen LogP contribution < -0.4 is 11.1 Å². The molecule has 1 aliphatic carbocycles. The second-order valence-electron chi connectivity index (χ2n) is 5.35. The van der Waals surface area contributed by atoms with E-state index in [1.165, 1.54) is 0 Å². The van der Waals surface area contributed by atoms with E-state index >= 15 is 0 Å². The summed E-state index contributed by atoms with van der Waals surface area (Å²) in [5, 5.41) is 11.4. The highest BCUT2D eigenvalue weighted by molar-refractivity contribution is 5.82. The zero-order valence-electron chi connectivity index (χ0n) is 12.3. The molecule has 21 heavy (non-hydrogen) atoms. The highest BCUT2D eigenvalue weighted by Gasteiger charge is 2.28. The maximum Gasteiger partial charge on any atom is 0.308 e. The normalized spacial score (nSPS) is 23.1. The van der Waals surface area contributed by atoms with Crippen molar-refractivity contribution in [3.63, 3.8) is 0 Å². The zero-order valence-corrected chi connectivity index (χ0v) is 12.3. The van der Waals surface area contributed by atoms with Gasteiger partial charge in [-0.3, -0.25) is 14.4 Å². The lowest BCUT2D eigenvalue weighted by molar-refractivity contribution is -0.149. The number of hydrogen-bond acceptors (Lipinski definition) is 5. The third-order valence-corrected chi connectivity index (χ3v) is 3.70. The lowest BCUT2D eigenvalue weighted by Gasteiger charge is -2.28. The molecule has 1 unspecified atom stereocenters. The van der Waals surface area contributed by atoms with E-state index in [1.807, 2.05) is 0 Å². The molecule has 1 saturated carbocycles. The fourth-order valence-corrected chi connectivity index (χ4v) is 2.45. The van der Waals surface area contributed by atoms with Gasteiger partial charge in [-0.25, -0.2) is 0 Å². The van der Waals surface area contributed by atoms with Gasteiger partial charge in [-0.05, 0) is 39.0 Å². The molecule has 0 heterocycles. The Balaban J connectivity index is 2.30. The van der Waals surface area contributed by atoms with Crippen LogP contribution in [-0.2, 0) is 19.1 Å². The lowest BCUT2D eigenvalue weighted by atomic mass is 9.86. The smallest absolute Gasteiger partial charge is 0.308 e. The molecule has 0 aromatic carbocycles. The molecule has 0 bridgehead atoms. The van der Waals surface area contributed by atoms with Crippen LogP contribution >= 0.6 is 0 Å². The molecule has 1 fully saturated rings. The quantitative estimate of drug-likeness (QED) is 0.586. The molecule has 4 N–H and O–H groups in total. The van der Waals surface area contributed by atoms with Crippen molar-refractivity contribution < 1.29 is 24.2 Å². The van der Waals surface area contributed by atoms with Crippen molar-refractivity contribution >= 4 is 17.8 Å². The van der Waals surface area contributed by atoms with Gasteiger partial charge in [0, 0.05) is 12.5 Å². The topological polar surface area (TPSA) is 119 Å². The number of nitrogens with two attached hydrogens (primary N) is 1. The summed E-state index contributed by atoms with van der Waals surface area (Å²) in [6.45, 7) is 2.16. The number of carbonyl (C=O) groups excluding carboxylic acids is 2. The third kappa shape index (κ3) is 6.12. The lowest BCUT2D eigenvalue weighted by Crippen LogP contribution is -2.47. The van der Waals surface area contributed by atoms with Gasteiger partial charge in [-0.2, -0.15) is 0 Å². The van der Waals surface area contributed by atoms with Crippen molar-refractivity contribution in [3.05, 3.63) is 0 Å². The number of hydrogen-bond donors (Lipinski definition) is 3. The van der Waals surface area contributed by atoms with Gasteiger partial charge in [0.15, 0.2) is 0 Å². The first-order valence-corrected chi connectivity index (χ1v) is 7.38. The van der Waals surface area contributed by atoms with Gasteiger partial charge >= 0.3 is 11.9 Å². The minimum Gasteiger partial charge on any atom is -0.481 e. The first kappa shape index (κ1) is 17.4. The second kappa shape index (κ2) is 8.61. The molecular weight excluding hydrogens is 276 g/mol. The van der Waals surface area contributed by atoms with Crippen LogP contribution in [0.5, 0.6) is 0 Å². The highest BCUT2D eigenvalue weighted by Crippen LogP contribution is 2.25. The van der Waals surface area contributed by atoms with Crippen LogP contribution in [0.2, 0.25) is 0 Å². The van der Waals surface area contributed by atoms with Crippen molar-refractivity contribution in [3.8, 4) is 0 Å². The molecule has 7 nitrogen and oxygen atoms in total. The summed E-state index contributed by atoms with van der Waals surface area (Å²) in [4.78, 5) is 33.9. The molecule has 0 aromatic heterocycles. The van der Waals surface area contributed by atoms with Crippen LogP contribution in [0.1, 0.15) is 45.4 Å². The number of carboxylic acid groups (broad SMARTS) is 1. The standard InChI is InChI=1S/C14H24N2O5/c1-2-21-14(20)9-3-5-10(6-4-9)16-13(19)11(15)7-8-12(17)18/h9-11H,2-8,15H2,1H3,(H,16,19)(H,17,18). The van der Waals surface area contributed by atoms with E-state index in [2.05, 4.69) is 5.32 Å². The number of amides is 1. The zero-order chi connectivity index (χ0) is 15.8. The number of ether oxygens (including phenoxy) is 1. The number of rotatable bonds is 7. The van der Waals surface area contributed by atoms with E-state index in [1.54, 1.807) is 6.92 Å². The Labute approximate surface area is 124 Å². The molecule has 0 saturated heterocycles. The predicted molar refractivity (Wildman–Crippen MR) is 75.4 cm³/mol. The van der Waals surface area contributed by atoms with Crippen LogP contribution in [0.15, 0.2) is 0 Å². The van der Waals surface area contributed by atoms with Crippen LogP contribution in [0.25, 0.3) is 0 Å². The molecule has 1 atom stereocenters. The SMILES string of the molecule is CCOC(=O)C1CCC(NC(=O)C(N)CCC(=O)O)CC1. The van der Waals surface area contributed by atoms with E-state index < -0.39 is 12.0 Å². The van der Waals surface area contributed by atoms with Gasteiger partial charge in [0.2, 0.25) is 5.91 Å². The summed E-state index contributed by atoms with van der Waals surface area (Å²) in [7, 11) is 0. The van der Waals surface area contributed by atoms with Crippen LogP contribution in [0.4, 0.5) is 0 Å². The molecule has 7 heteroatoms. The van der Waals surface area contributed by atoms with Crippen molar-refractivity contribution in [2.45, 2.75) is 57.5 Å². The Hall–Kier alpha value is -1.63. The molecule has 0 radical (unpaired) electrons. The average Bonchev–Trinajstić information content (AvgIpc) is 2.45. The van der Waals surface area contributed by atoms with Crippen molar-refractivity contribution in [2.24, 2.45) is 11.7 Å². The number of carbonyl (C=O) groups is 3. The van der Waals surface area contributed by atoms with Crippen molar-refractivity contribution in [1.82, 2.24) is 5.32 Å². The molecule has 1 aliphatic rings. The fourth-order valence-electron chi connectivity index (χ4n) is 2.45. The van der Waals surface area contributed by atoms with Crippen molar-refractivity contribution in [1.29, 1.82) is 0 Å². The first-order chi connectivity index (χ1) is 9.93. The maximum atomic E-state index is 11.8. The predicted octanol–water partition coefficient (Wildman–Crippen LogP) is 0.417. The maximum absolute atomic E-state index is 11.8. The van der Waals surface area contributed by atoms with E-state index in [0.29, 0.717) is 32.3 Å². The second-order valence-corrected chi connectivity index (χ2v) is 5.35. The Bertz CT molecular complexity index is 378. The Kier molecular flexibility index (Phi) is 7.14. The van der Waals surface area contributed by atoms with Gasteiger partial charge in [-0.1, -0.05) is 0 Å². The van der Waals surface area contributed by atoms with Crippen LogP contribution in [0, 0.1) is 5.92 Å².